The SMILES string of the molecule is CC[Si](CC)(CC)OCC(CCCl)OC(=O)c1ccccc1. The van der Waals surface area contributed by atoms with Gasteiger partial charge in [0.05, 0.1) is 12.2 Å². The minimum atomic E-state index is -1.67. The maximum atomic E-state index is 12.2. The first-order valence-electron chi connectivity index (χ1n) is 8.06. The van der Waals surface area contributed by atoms with Gasteiger partial charge in [-0.25, -0.2) is 4.79 Å². The molecule has 0 bridgehead atoms. The van der Waals surface area contributed by atoms with Crippen LogP contribution in [-0.4, -0.2) is 32.9 Å². The molecule has 0 fully saturated rings. The number of carbonyl (C=O) groups excluding carboxylic acids is 1. The van der Waals surface area contributed by atoms with E-state index in [2.05, 4.69) is 20.8 Å². The molecule has 1 atom stereocenters. The molecule has 1 unspecified atom stereocenters. The predicted octanol–water partition coefficient (Wildman–Crippen LogP) is 4.86. The van der Waals surface area contributed by atoms with Crippen LogP contribution in [0.3, 0.4) is 0 Å². The minimum absolute atomic E-state index is 0.276. The molecule has 0 radical (unpaired) electrons. The number of halogens is 1. The van der Waals surface area contributed by atoms with Crippen molar-refractivity contribution in [3.05, 3.63) is 35.9 Å². The van der Waals surface area contributed by atoms with Crippen molar-refractivity contribution in [2.24, 2.45) is 0 Å². The summed E-state index contributed by atoms with van der Waals surface area (Å²) in [5.41, 5.74) is 0.562. The van der Waals surface area contributed by atoms with Gasteiger partial charge in [0.15, 0.2) is 8.32 Å². The van der Waals surface area contributed by atoms with Crippen LogP contribution in [-0.2, 0) is 9.16 Å². The van der Waals surface area contributed by atoms with Crippen molar-refractivity contribution in [3.8, 4) is 0 Å². The molecule has 0 aliphatic heterocycles. The fourth-order valence-electron chi connectivity index (χ4n) is 2.42. The fourth-order valence-corrected chi connectivity index (χ4v) is 5.31. The normalized spacial score (nSPS) is 12.9. The summed E-state index contributed by atoms with van der Waals surface area (Å²) in [6.07, 6.45) is 0.337. The fraction of sp³-hybridized carbons (Fsp3) is 0.588. The van der Waals surface area contributed by atoms with Crippen molar-refractivity contribution in [1.82, 2.24) is 0 Å². The zero-order valence-corrected chi connectivity index (χ0v) is 15.6. The summed E-state index contributed by atoms with van der Waals surface area (Å²) in [6, 6.07) is 12.3. The van der Waals surface area contributed by atoms with E-state index in [0.29, 0.717) is 24.5 Å². The maximum Gasteiger partial charge on any atom is 0.338 e. The topological polar surface area (TPSA) is 35.5 Å². The lowest BCUT2D eigenvalue weighted by molar-refractivity contribution is 0.0153. The lowest BCUT2D eigenvalue weighted by Crippen LogP contribution is -2.39. The van der Waals surface area contributed by atoms with Gasteiger partial charge in [0, 0.05) is 12.3 Å². The van der Waals surface area contributed by atoms with Crippen LogP contribution < -0.4 is 0 Å². The van der Waals surface area contributed by atoms with Gasteiger partial charge < -0.3 is 9.16 Å². The van der Waals surface area contributed by atoms with Gasteiger partial charge in [-0.2, -0.15) is 0 Å². The number of carbonyl (C=O) groups is 1. The van der Waals surface area contributed by atoms with E-state index < -0.39 is 8.32 Å². The van der Waals surface area contributed by atoms with Crippen molar-refractivity contribution in [1.29, 1.82) is 0 Å². The second-order valence-corrected chi connectivity index (χ2v) is 10.6. The van der Waals surface area contributed by atoms with Gasteiger partial charge in [0.25, 0.3) is 0 Å². The number of benzene rings is 1. The van der Waals surface area contributed by atoms with Crippen molar-refractivity contribution in [2.75, 3.05) is 12.5 Å². The van der Waals surface area contributed by atoms with Gasteiger partial charge in [0.1, 0.15) is 6.10 Å². The van der Waals surface area contributed by atoms with Crippen LogP contribution in [0.5, 0.6) is 0 Å². The molecule has 0 amide bonds. The Morgan fingerprint density at radius 2 is 1.73 bits per heavy atom. The highest BCUT2D eigenvalue weighted by Gasteiger charge is 2.30. The molecule has 124 valence electrons. The molecular weight excluding hydrogens is 316 g/mol. The van der Waals surface area contributed by atoms with Crippen LogP contribution in [0.2, 0.25) is 18.1 Å². The molecule has 5 heteroatoms. The van der Waals surface area contributed by atoms with Gasteiger partial charge in [0.2, 0.25) is 0 Å². The number of ether oxygens (including phenoxy) is 1. The first kappa shape index (κ1) is 19.2. The van der Waals surface area contributed by atoms with Crippen LogP contribution in [0.25, 0.3) is 0 Å². The molecule has 22 heavy (non-hydrogen) atoms. The Labute approximate surface area is 140 Å². The molecule has 1 aromatic rings. The van der Waals surface area contributed by atoms with E-state index in [-0.39, 0.29) is 12.1 Å². The summed E-state index contributed by atoms with van der Waals surface area (Å²) in [5, 5.41) is 0. The van der Waals surface area contributed by atoms with Crippen LogP contribution >= 0.6 is 11.6 Å². The van der Waals surface area contributed by atoms with Gasteiger partial charge >= 0.3 is 5.97 Å². The highest BCUT2D eigenvalue weighted by atomic mass is 35.5. The lowest BCUT2D eigenvalue weighted by Gasteiger charge is -2.30. The Morgan fingerprint density at radius 3 is 2.23 bits per heavy atom. The van der Waals surface area contributed by atoms with E-state index >= 15 is 0 Å². The first-order valence-corrected chi connectivity index (χ1v) is 11.1. The molecule has 0 saturated heterocycles. The van der Waals surface area contributed by atoms with Crippen molar-refractivity contribution in [2.45, 2.75) is 51.4 Å². The summed E-state index contributed by atoms with van der Waals surface area (Å²) < 4.78 is 11.8. The van der Waals surface area contributed by atoms with E-state index in [1.807, 2.05) is 18.2 Å². The zero-order chi connectivity index (χ0) is 16.4. The highest BCUT2D eigenvalue weighted by molar-refractivity contribution is 6.73. The summed E-state index contributed by atoms with van der Waals surface area (Å²) in [4.78, 5) is 12.2. The first-order chi connectivity index (χ1) is 10.6. The van der Waals surface area contributed by atoms with Gasteiger partial charge in [-0.1, -0.05) is 39.0 Å². The third-order valence-electron chi connectivity index (χ3n) is 4.22. The predicted molar refractivity (Wildman–Crippen MR) is 94.1 cm³/mol. The van der Waals surface area contributed by atoms with Crippen molar-refractivity contribution in [3.63, 3.8) is 0 Å². The molecule has 0 aliphatic rings. The number of alkyl halides is 1. The standard InChI is InChI=1S/C17H27ClO3Si/c1-4-22(5-2,6-3)20-14-16(12-13-18)21-17(19)15-10-8-7-9-11-15/h7-11,16H,4-6,12-14H2,1-3H3. The van der Waals surface area contributed by atoms with E-state index in [9.17, 15) is 4.79 Å². The Bertz CT molecular complexity index is 427. The lowest BCUT2D eigenvalue weighted by atomic mass is 10.2. The molecule has 0 heterocycles. The maximum absolute atomic E-state index is 12.2. The minimum Gasteiger partial charge on any atom is -0.456 e. The molecule has 1 rings (SSSR count). The number of hydrogen-bond donors (Lipinski definition) is 0. The average Bonchev–Trinajstić information content (AvgIpc) is 2.57. The Balaban J connectivity index is 2.64. The second kappa shape index (κ2) is 10.0. The summed E-state index contributed by atoms with van der Waals surface area (Å²) in [7, 11) is -1.67. The molecule has 0 aliphatic carbocycles. The molecule has 0 N–H and O–H groups in total. The summed E-state index contributed by atoms with van der Waals surface area (Å²) in [5.74, 6) is 0.144. The Morgan fingerprint density at radius 1 is 1.14 bits per heavy atom. The van der Waals surface area contributed by atoms with E-state index in [4.69, 9.17) is 20.8 Å². The molecule has 0 saturated carbocycles. The summed E-state index contributed by atoms with van der Waals surface area (Å²) in [6.45, 7) is 7.01. The van der Waals surface area contributed by atoms with Crippen LogP contribution in [0.1, 0.15) is 37.6 Å². The number of hydrogen-bond acceptors (Lipinski definition) is 3. The Kier molecular flexibility index (Phi) is 8.76. The zero-order valence-electron chi connectivity index (χ0n) is 13.8. The molecule has 3 nitrogen and oxygen atoms in total. The third kappa shape index (κ3) is 5.74. The smallest absolute Gasteiger partial charge is 0.338 e. The average molecular weight is 343 g/mol. The highest BCUT2D eigenvalue weighted by Crippen LogP contribution is 2.22. The van der Waals surface area contributed by atoms with Gasteiger partial charge in [-0.3, -0.25) is 0 Å². The number of esters is 1. The van der Waals surface area contributed by atoms with Gasteiger partial charge in [-0.15, -0.1) is 11.6 Å². The molecule has 0 spiro atoms. The third-order valence-corrected chi connectivity index (χ3v) is 9.09. The van der Waals surface area contributed by atoms with E-state index in [0.717, 1.165) is 18.1 Å². The monoisotopic (exact) mass is 342 g/mol. The van der Waals surface area contributed by atoms with Crippen molar-refractivity contribution < 1.29 is 14.0 Å². The summed E-state index contributed by atoms with van der Waals surface area (Å²) >= 11 is 5.84. The van der Waals surface area contributed by atoms with Crippen molar-refractivity contribution >= 4 is 25.9 Å². The quantitative estimate of drug-likeness (QED) is 0.346. The van der Waals surface area contributed by atoms with E-state index in [1.54, 1.807) is 12.1 Å². The van der Waals surface area contributed by atoms with E-state index in [1.165, 1.54) is 0 Å². The van der Waals surface area contributed by atoms with Crippen LogP contribution in [0.15, 0.2) is 30.3 Å². The largest absolute Gasteiger partial charge is 0.456 e. The second-order valence-electron chi connectivity index (χ2n) is 5.43. The van der Waals surface area contributed by atoms with Gasteiger partial charge in [-0.05, 0) is 30.3 Å². The molecule has 0 aromatic heterocycles. The van der Waals surface area contributed by atoms with Crippen LogP contribution in [0, 0.1) is 0 Å². The number of rotatable bonds is 10. The molecule has 1 aromatic carbocycles. The van der Waals surface area contributed by atoms with Crippen LogP contribution in [0.4, 0.5) is 0 Å². The Hall–Kier alpha value is -0.843. The molecular formula is C17H27ClO3Si.